The van der Waals surface area contributed by atoms with Crippen LogP contribution in [0.4, 0.5) is 0 Å². The minimum absolute atomic E-state index is 0.274. The lowest BCUT2D eigenvalue weighted by atomic mass is 9.89. The third-order valence-corrected chi connectivity index (χ3v) is 4.42. The van der Waals surface area contributed by atoms with Gasteiger partial charge in [0.2, 0.25) is 0 Å². The Morgan fingerprint density at radius 3 is 2.64 bits per heavy atom. The average Bonchev–Trinajstić information content (AvgIpc) is 2.62. The second kappa shape index (κ2) is 6.97. The highest BCUT2D eigenvalue weighted by molar-refractivity contribution is 5.97. The number of benzene rings is 2. The Labute approximate surface area is 147 Å². The predicted molar refractivity (Wildman–Crippen MR) is 93.7 cm³/mol. The summed E-state index contributed by atoms with van der Waals surface area (Å²) in [5, 5.41) is 2.87. The second-order valence-corrected chi connectivity index (χ2v) is 6.31. The van der Waals surface area contributed by atoms with E-state index < -0.39 is 11.6 Å². The van der Waals surface area contributed by atoms with Gasteiger partial charge in [0.25, 0.3) is 5.91 Å². The molecule has 5 nitrogen and oxygen atoms in total. The Bertz CT molecular complexity index is 785. The van der Waals surface area contributed by atoms with Crippen LogP contribution in [-0.2, 0) is 22.4 Å². The zero-order valence-corrected chi connectivity index (χ0v) is 14.4. The highest BCUT2D eigenvalue weighted by Gasteiger charge is 2.42. The number of hydrogen-bond acceptors (Lipinski definition) is 4. The molecule has 0 aromatic heterocycles. The number of methoxy groups -OCH3 is 1. The van der Waals surface area contributed by atoms with Crippen LogP contribution < -0.4 is 10.1 Å². The summed E-state index contributed by atoms with van der Waals surface area (Å²) < 4.78 is 10.6. The molecular weight excluding hydrogens is 318 g/mol. The first-order valence-corrected chi connectivity index (χ1v) is 8.24. The SMILES string of the molecule is COc1ccc(CCNC(=O)C2(C)Cc3ccccc3C(=O)O2)cc1. The summed E-state index contributed by atoms with van der Waals surface area (Å²) in [6, 6.07) is 14.9. The molecule has 1 aliphatic rings. The van der Waals surface area contributed by atoms with Gasteiger partial charge in [-0.3, -0.25) is 4.79 Å². The minimum atomic E-state index is -1.18. The molecule has 3 rings (SSSR count). The third-order valence-electron chi connectivity index (χ3n) is 4.42. The van der Waals surface area contributed by atoms with Crippen molar-refractivity contribution in [3.63, 3.8) is 0 Å². The highest BCUT2D eigenvalue weighted by Crippen LogP contribution is 2.28. The molecule has 1 atom stereocenters. The van der Waals surface area contributed by atoms with E-state index in [0.717, 1.165) is 16.9 Å². The number of cyclic esters (lactones) is 1. The molecule has 0 radical (unpaired) electrons. The highest BCUT2D eigenvalue weighted by atomic mass is 16.6. The second-order valence-electron chi connectivity index (χ2n) is 6.31. The van der Waals surface area contributed by atoms with E-state index in [2.05, 4.69) is 5.32 Å². The molecule has 1 aliphatic heterocycles. The van der Waals surface area contributed by atoms with Crippen LogP contribution >= 0.6 is 0 Å². The Morgan fingerprint density at radius 2 is 1.92 bits per heavy atom. The Kier molecular flexibility index (Phi) is 4.74. The molecule has 25 heavy (non-hydrogen) atoms. The van der Waals surface area contributed by atoms with Crippen molar-refractivity contribution >= 4 is 11.9 Å². The van der Waals surface area contributed by atoms with E-state index in [4.69, 9.17) is 9.47 Å². The number of nitrogens with one attached hydrogen (secondary N) is 1. The van der Waals surface area contributed by atoms with Crippen LogP contribution in [0.25, 0.3) is 0 Å². The zero-order valence-electron chi connectivity index (χ0n) is 14.4. The van der Waals surface area contributed by atoms with Gasteiger partial charge in [0.15, 0.2) is 5.60 Å². The number of fused-ring (bicyclic) bond motifs is 1. The minimum Gasteiger partial charge on any atom is -0.497 e. The molecular formula is C20H21NO4. The summed E-state index contributed by atoms with van der Waals surface area (Å²) in [6.07, 6.45) is 1.07. The van der Waals surface area contributed by atoms with E-state index in [-0.39, 0.29) is 5.91 Å². The van der Waals surface area contributed by atoms with Crippen LogP contribution in [0.3, 0.4) is 0 Å². The largest absolute Gasteiger partial charge is 0.497 e. The molecule has 130 valence electrons. The molecule has 1 amide bonds. The quantitative estimate of drug-likeness (QED) is 0.850. The monoisotopic (exact) mass is 339 g/mol. The molecule has 1 heterocycles. The molecule has 0 saturated carbocycles. The van der Waals surface area contributed by atoms with Crippen LogP contribution in [-0.4, -0.2) is 31.1 Å². The van der Waals surface area contributed by atoms with Crippen molar-refractivity contribution in [3.8, 4) is 5.75 Å². The van der Waals surface area contributed by atoms with Gasteiger partial charge in [0, 0.05) is 13.0 Å². The number of rotatable bonds is 5. The summed E-state index contributed by atoms with van der Waals surface area (Å²) in [5.74, 6) is 0.0756. The van der Waals surface area contributed by atoms with Gasteiger partial charge in [0.05, 0.1) is 12.7 Å². The Morgan fingerprint density at radius 1 is 1.20 bits per heavy atom. The predicted octanol–water partition coefficient (Wildman–Crippen LogP) is 2.53. The van der Waals surface area contributed by atoms with Crippen molar-refractivity contribution in [2.75, 3.05) is 13.7 Å². The molecule has 5 heteroatoms. The van der Waals surface area contributed by atoms with Gasteiger partial charge in [-0.2, -0.15) is 0 Å². The van der Waals surface area contributed by atoms with Crippen LogP contribution in [0.5, 0.6) is 5.75 Å². The van der Waals surface area contributed by atoms with E-state index in [1.165, 1.54) is 0 Å². The number of esters is 1. The molecule has 0 fully saturated rings. The molecule has 0 saturated heterocycles. The Balaban J connectivity index is 1.60. The van der Waals surface area contributed by atoms with Gasteiger partial charge in [-0.1, -0.05) is 30.3 Å². The smallest absolute Gasteiger partial charge is 0.339 e. The van der Waals surface area contributed by atoms with Crippen LogP contribution in [0.2, 0.25) is 0 Å². The summed E-state index contributed by atoms with van der Waals surface area (Å²) in [5.41, 5.74) is 1.29. The van der Waals surface area contributed by atoms with Crippen molar-refractivity contribution in [1.29, 1.82) is 0 Å². The van der Waals surface area contributed by atoms with Crippen LogP contribution in [0.15, 0.2) is 48.5 Å². The summed E-state index contributed by atoms with van der Waals surface area (Å²) >= 11 is 0. The van der Waals surface area contributed by atoms with Gasteiger partial charge in [-0.05, 0) is 42.7 Å². The fraction of sp³-hybridized carbons (Fsp3) is 0.300. The van der Waals surface area contributed by atoms with Crippen LogP contribution in [0, 0.1) is 0 Å². The molecule has 2 aromatic carbocycles. The van der Waals surface area contributed by atoms with E-state index in [1.807, 2.05) is 36.4 Å². The van der Waals surface area contributed by atoms with Crippen LogP contribution in [0.1, 0.15) is 28.4 Å². The first-order valence-electron chi connectivity index (χ1n) is 8.24. The zero-order chi connectivity index (χ0) is 17.9. The lowest BCUT2D eigenvalue weighted by Gasteiger charge is -2.33. The van der Waals surface area contributed by atoms with Crippen molar-refractivity contribution in [2.45, 2.75) is 25.4 Å². The fourth-order valence-corrected chi connectivity index (χ4v) is 2.96. The summed E-state index contributed by atoms with van der Waals surface area (Å²) in [7, 11) is 1.62. The van der Waals surface area contributed by atoms with Gasteiger partial charge in [0.1, 0.15) is 5.75 Å². The normalized spacial score (nSPS) is 18.9. The summed E-state index contributed by atoms with van der Waals surface area (Å²) in [4.78, 5) is 24.7. The number of hydrogen-bond donors (Lipinski definition) is 1. The topological polar surface area (TPSA) is 64.6 Å². The van der Waals surface area contributed by atoms with Gasteiger partial charge < -0.3 is 14.8 Å². The average molecular weight is 339 g/mol. The van der Waals surface area contributed by atoms with Crippen molar-refractivity contribution in [2.24, 2.45) is 0 Å². The molecule has 0 bridgehead atoms. The lowest BCUT2D eigenvalue weighted by molar-refractivity contribution is -0.139. The number of carbonyl (C=O) groups excluding carboxylic acids is 2. The molecule has 0 aliphatic carbocycles. The maximum absolute atomic E-state index is 12.6. The maximum atomic E-state index is 12.6. The lowest BCUT2D eigenvalue weighted by Crippen LogP contribution is -2.52. The van der Waals surface area contributed by atoms with Crippen molar-refractivity contribution in [3.05, 3.63) is 65.2 Å². The molecule has 1 unspecified atom stereocenters. The third kappa shape index (κ3) is 3.65. The first kappa shape index (κ1) is 17.0. The van der Waals surface area contributed by atoms with E-state index in [9.17, 15) is 9.59 Å². The van der Waals surface area contributed by atoms with Gasteiger partial charge >= 0.3 is 5.97 Å². The number of amides is 1. The first-order chi connectivity index (χ1) is 12.0. The standard InChI is InChI=1S/C20H21NO4/c1-20(13-15-5-3-4-6-17(15)18(22)25-20)19(23)21-12-11-14-7-9-16(24-2)10-8-14/h3-10H,11-13H2,1-2H3,(H,21,23). The van der Waals surface area contributed by atoms with Gasteiger partial charge in [-0.25, -0.2) is 4.79 Å². The molecule has 1 N–H and O–H groups in total. The molecule has 0 spiro atoms. The van der Waals surface area contributed by atoms with E-state index in [1.54, 1.807) is 26.2 Å². The van der Waals surface area contributed by atoms with Crippen molar-refractivity contribution < 1.29 is 19.1 Å². The van der Waals surface area contributed by atoms with Crippen molar-refractivity contribution in [1.82, 2.24) is 5.32 Å². The molecule has 2 aromatic rings. The van der Waals surface area contributed by atoms with E-state index in [0.29, 0.717) is 24.9 Å². The number of ether oxygens (including phenoxy) is 2. The number of carbonyl (C=O) groups is 2. The summed E-state index contributed by atoms with van der Waals surface area (Å²) in [6.45, 7) is 2.13. The van der Waals surface area contributed by atoms with Gasteiger partial charge in [-0.15, -0.1) is 0 Å². The fourth-order valence-electron chi connectivity index (χ4n) is 2.96. The van der Waals surface area contributed by atoms with E-state index >= 15 is 0 Å². The Hall–Kier alpha value is -2.82. The maximum Gasteiger partial charge on any atom is 0.339 e.